The lowest BCUT2D eigenvalue weighted by Gasteiger charge is -2.43. The minimum absolute atomic E-state index is 0.213. The van der Waals surface area contributed by atoms with Crippen molar-refractivity contribution >= 4 is 34.8 Å². The molecule has 0 unspecified atom stereocenters. The van der Waals surface area contributed by atoms with E-state index < -0.39 is 5.54 Å². The SMILES string of the molecule is C[C@]1(C(=O)NCc2ccc(Cl)cc2)Cn2nc(-c3cccs3)cc2C(=O)N1Cc1ccccc1. The van der Waals surface area contributed by atoms with Gasteiger partial charge in [0.25, 0.3) is 5.91 Å². The molecule has 8 heteroatoms. The molecule has 1 aliphatic heterocycles. The Morgan fingerprint density at radius 2 is 1.85 bits per heavy atom. The van der Waals surface area contributed by atoms with Gasteiger partial charge in [0.1, 0.15) is 16.9 Å². The molecule has 2 aromatic carbocycles. The van der Waals surface area contributed by atoms with Crippen LogP contribution in [-0.4, -0.2) is 32.0 Å². The number of halogens is 1. The molecule has 4 aromatic rings. The largest absolute Gasteiger partial charge is 0.350 e. The molecule has 0 radical (unpaired) electrons. The van der Waals surface area contributed by atoms with E-state index in [0.29, 0.717) is 23.8 Å². The molecule has 0 spiro atoms. The standard InChI is InChI=1S/C26H23ClN4O2S/c1-26(25(33)28-15-18-9-11-20(27)12-10-18)17-31-22(14-21(29-31)23-8-5-13-34-23)24(32)30(26)16-19-6-3-2-4-7-19/h2-14H,15-17H2,1H3,(H,28,33)/t26-/m1/s1. The number of hydrogen-bond donors (Lipinski definition) is 1. The average Bonchev–Trinajstić information content (AvgIpc) is 3.52. The zero-order valence-electron chi connectivity index (χ0n) is 18.6. The number of carbonyl (C=O) groups excluding carboxylic acids is 2. The number of thiophene rings is 1. The van der Waals surface area contributed by atoms with Crippen molar-refractivity contribution in [1.29, 1.82) is 0 Å². The second-order valence-corrected chi connectivity index (χ2v) is 9.89. The molecule has 2 amide bonds. The Hall–Kier alpha value is -3.42. The van der Waals surface area contributed by atoms with Gasteiger partial charge >= 0.3 is 0 Å². The smallest absolute Gasteiger partial charge is 0.273 e. The minimum atomic E-state index is -1.12. The highest BCUT2D eigenvalue weighted by Gasteiger charge is 2.48. The predicted octanol–water partition coefficient (Wildman–Crippen LogP) is 5.00. The van der Waals surface area contributed by atoms with Gasteiger partial charge in [-0.05, 0) is 47.7 Å². The highest BCUT2D eigenvalue weighted by molar-refractivity contribution is 7.13. The fraction of sp³-hybridized carbons (Fsp3) is 0.192. The van der Waals surface area contributed by atoms with Crippen molar-refractivity contribution in [3.8, 4) is 10.6 Å². The van der Waals surface area contributed by atoms with E-state index in [9.17, 15) is 9.59 Å². The number of amides is 2. The second-order valence-electron chi connectivity index (χ2n) is 8.51. The molecule has 0 saturated heterocycles. The van der Waals surface area contributed by atoms with Gasteiger partial charge in [-0.15, -0.1) is 11.3 Å². The average molecular weight is 491 g/mol. The maximum atomic E-state index is 13.7. The second kappa shape index (κ2) is 9.08. The summed E-state index contributed by atoms with van der Waals surface area (Å²) in [5.41, 5.74) is 1.99. The third-order valence-electron chi connectivity index (χ3n) is 6.11. The van der Waals surface area contributed by atoms with Crippen molar-refractivity contribution in [3.63, 3.8) is 0 Å². The van der Waals surface area contributed by atoms with Crippen LogP contribution in [0.5, 0.6) is 0 Å². The highest BCUT2D eigenvalue weighted by Crippen LogP contribution is 2.32. The molecule has 1 aliphatic rings. The summed E-state index contributed by atoms with van der Waals surface area (Å²) in [6.45, 7) is 2.73. The van der Waals surface area contributed by atoms with Crippen LogP contribution in [0.15, 0.2) is 78.2 Å². The Labute approximate surface area is 206 Å². The Morgan fingerprint density at radius 1 is 1.09 bits per heavy atom. The van der Waals surface area contributed by atoms with E-state index in [4.69, 9.17) is 11.6 Å². The van der Waals surface area contributed by atoms with Gasteiger partial charge in [-0.1, -0.05) is 60.1 Å². The van der Waals surface area contributed by atoms with Gasteiger partial charge in [0.2, 0.25) is 5.91 Å². The summed E-state index contributed by atoms with van der Waals surface area (Å²) in [5.74, 6) is -0.444. The van der Waals surface area contributed by atoms with E-state index in [1.165, 1.54) is 0 Å². The molecule has 0 aliphatic carbocycles. The predicted molar refractivity (Wildman–Crippen MR) is 134 cm³/mol. The van der Waals surface area contributed by atoms with Crippen molar-refractivity contribution in [1.82, 2.24) is 20.0 Å². The summed E-state index contributed by atoms with van der Waals surface area (Å²) in [7, 11) is 0. The Kier molecular flexibility index (Phi) is 5.98. The molecule has 0 bridgehead atoms. The van der Waals surface area contributed by atoms with E-state index >= 15 is 0 Å². The van der Waals surface area contributed by atoms with E-state index in [2.05, 4.69) is 10.4 Å². The van der Waals surface area contributed by atoms with Crippen molar-refractivity contribution < 1.29 is 9.59 Å². The first-order chi connectivity index (χ1) is 16.4. The molecule has 5 rings (SSSR count). The first-order valence-electron chi connectivity index (χ1n) is 10.9. The summed E-state index contributed by atoms with van der Waals surface area (Å²) in [6, 6.07) is 22.8. The molecule has 1 N–H and O–H groups in total. The van der Waals surface area contributed by atoms with Gasteiger partial charge in [-0.3, -0.25) is 14.3 Å². The van der Waals surface area contributed by atoms with Crippen LogP contribution in [0, 0.1) is 0 Å². The topological polar surface area (TPSA) is 67.2 Å². The summed E-state index contributed by atoms with van der Waals surface area (Å²) in [5, 5.41) is 10.3. The normalized spacial score (nSPS) is 17.5. The van der Waals surface area contributed by atoms with Gasteiger partial charge in [0, 0.05) is 18.1 Å². The molecule has 0 fully saturated rings. The van der Waals surface area contributed by atoms with Gasteiger partial charge < -0.3 is 10.2 Å². The lowest BCUT2D eigenvalue weighted by atomic mass is 9.94. The summed E-state index contributed by atoms with van der Waals surface area (Å²) >= 11 is 7.54. The Bertz CT molecular complexity index is 1320. The number of nitrogens with zero attached hydrogens (tertiary/aromatic N) is 3. The van der Waals surface area contributed by atoms with Crippen LogP contribution in [0.4, 0.5) is 0 Å². The van der Waals surface area contributed by atoms with Gasteiger partial charge in [-0.2, -0.15) is 5.10 Å². The van der Waals surface area contributed by atoms with E-state index in [1.807, 2.05) is 66.0 Å². The molecule has 6 nitrogen and oxygen atoms in total. The number of benzene rings is 2. The Balaban J connectivity index is 1.47. The fourth-order valence-corrected chi connectivity index (χ4v) is 4.98. The van der Waals surface area contributed by atoms with Crippen molar-refractivity contribution in [3.05, 3.63) is 100 Å². The first kappa shape index (κ1) is 22.4. The van der Waals surface area contributed by atoms with E-state index in [1.54, 1.807) is 40.0 Å². The van der Waals surface area contributed by atoms with Crippen molar-refractivity contribution in [2.75, 3.05) is 0 Å². The third-order valence-corrected chi connectivity index (χ3v) is 7.25. The van der Waals surface area contributed by atoms with E-state index in [-0.39, 0.29) is 18.4 Å². The molecule has 0 saturated carbocycles. The van der Waals surface area contributed by atoms with Crippen LogP contribution >= 0.6 is 22.9 Å². The van der Waals surface area contributed by atoms with Crippen LogP contribution in [0.1, 0.15) is 28.5 Å². The van der Waals surface area contributed by atoms with Crippen LogP contribution in [0.2, 0.25) is 5.02 Å². The van der Waals surface area contributed by atoms with Gasteiger partial charge in [0.15, 0.2) is 0 Å². The monoisotopic (exact) mass is 490 g/mol. The zero-order chi connectivity index (χ0) is 23.7. The Morgan fingerprint density at radius 3 is 2.56 bits per heavy atom. The first-order valence-corrected chi connectivity index (χ1v) is 12.2. The maximum Gasteiger partial charge on any atom is 0.273 e. The van der Waals surface area contributed by atoms with Crippen LogP contribution in [-0.2, 0) is 24.4 Å². The van der Waals surface area contributed by atoms with Crippen LogP contribution < -0.4 is 5.32 Å². The summed E-state index contributed by atoms with van der Waals surface area (Å²) < 4.78 is 1.67. The number of hydrogen-bond acceptors (Lipinski definition) is 4. The molecule has 1 atom stereocenters. The fourth-order valence-electron chi connectivity index (χ4n) is 4.18. The van der Waals surface area contributed by atoms with Gasteiger partial charge in [0.05, 0.1) is 11.4 Å². The van der Waals surface area contributed by atoms with Crippen LogP contribution in [0.25, 0.3) is 10.6 Å². The van der Waals surface area contributed by atoms with E-state index in [0.717, 1.165) is 21.7 Å². The summed E-state index contributed by atoms with van der Waals surface area (Å²) in [6.07, 6.45) is 0. The van der Waals surface area contributed by atoms with Crippen molar-refractivity contribution in [2.24, 2.45) is 0 Å². The lowest BCUT2D eigenvalue weighted by Crippen LogP contribution is -2.63. The van der Waals surface area contributed by atoms with Crippen LogP contribution in [0.3, 0.4) is 0 Å². The molecule has 3 heterocycles. The maximum absolute atomic E-state index is 13.7. The number of carbonyl (C=O) groups is 2. The molecule has 34 heavy (non-hydrogen) atoms. The molecule has 172 valence electrons. The molecule has 2 aromatic heterocycles. The number of aromatic nitrogens is 2. The lowest BCUT2D eigenvalue weighted by molar-refractivity contribution is -0.133. The molecular formula is C26H23ClN4O2S. The highest BCUT2D eigenvalue weighted by atomic mass is 35.5. The number of nitrogens with one attached hydrogen (secondary N) is 1. The third kappa shape index (κ3) is 4.24. The number of rotatable bonds is 6. The summed E-state index contributed by atoms with van der Waals surface area (Å²) in [4.78, 5) is 29.9. The van der Waals surface area contributed by atoms with Gasteiger partial charge in [-0.25, -0.2) is 0 Å². The molecular weight excluding hydrogens is 468 g/mol. The number of fused-ring (bicyclic) bond motifs is 1. The minimum Gasteiger partial charge on any atom is -0.350 e. The zero-order valence-corrected chi connectivity index (χ0v) is 20.1. The van der Waals surface area contributed by atoms with Crippen molar-refractivity contribution in [2.45, 2.75) is 32.1 Å². The quantitative estimate of drug-likeness (QED) is 0.413.